The fraction of sp³-hybridized carbons (Fsp3) is 0.0625. The van der Waals surface area contributed by atoms with Crippen molar-refractivity contribution in [3.05, 3.63) is 68.9 Å². The third-order valence-electron chi connectivity index (χ3n) is 3.15. The van der Waals surface area contributed by atoms with E-state index < -0.39 is 0 Å². The number of hydrogen-bond acceptors (Lipinski definition) is 3. The number of allylic oxidation sites excluding steroid dienone is 2. The molecule has 2 aromatic rings. The van der Waals surface area contributed by atoms with Crippen LogP contribution in [0, 0.1) is 5.82 Å². The van der Waals surface area contributed by atoms with Gasteiger partial charge in [0.25, 0.3) is 0 Å². The molecule has 0 atom stereocenters. The number of halogens is 2. The van der Waals surface area contributed by atoms with E-state index in [1.165, 1.54) is 17.8 Å². The van der Waals surface area contributed by atoms with E-state index in [0.29, 0.717) is 21.9 Å². The lowest BCUT2D eigenvalue weighted by Gasteiger charge is -2.21. The standard InChI is InChI=1S/C16H11BrFNOS/c1-9-16(15(20)10-5-7-11(17)8-6-10)21-13-4-2-3-12(18)14(13)19-9/h2-8,19H,1H3. The highest BCUT2D eigenvalue weighted by Gasteiger charge is 2.24. The van der Waals surface area contributed by atoms with Crippen molar-refractivity contribution in [1.29, 1.82) is 0 Å². The molecule has 0 unspecified atom stereocenters. The number of anilines is 1. The molecule has 2 aromatic carbocycles. The predicted molar refractivity (Wildman–Crippen MR) is 87.1 cm³/mol. The Morgan fingerprint density at radius 2 is 1.90 bits per heavy atom. The van der Waals surface area contributed by atoms with E-state index in [9.17, 15) is 9.18 Å². The molecule has 3 rings (SSSR count). The third kappa shape index (κ3) is 2.76. The number of ketones is 1. The number of Topliss-reactive ketones (excluding diaryl/α,β-unsaturated/α-hetero) is 1. The Morgan fingerprint density at radius 1 is 1.19 bits per heavy atom. The summed E-state index contributed by atoms with van der Waals surface area (Å²) in [6, 6.07) is 12.1. The number of fused-ring (bicyclic) bond motifs is 1. The number of hydrogen-bond donors (Lipinski definition) is 1. The Morgan fingerprint density at radius 3 is 2.62 bits per heavy atom. The van der Waals surface area contributed by atoms with Crippen LogP contribution in [0.2, 0.25) is 0 Å². The minimum Gasteiger partial charge on any atom is -0.355 e. The Bertz CT molecular complexity index is 755. The van der Waals surface area contributed by atoms with Gasteiger partial charge in [-0.1, -0.05) is 33.8 Å². The van der Waals surface area contributed by atoms with Crippen molar-refractivity contribution >= 4 is 39.2 Å². The van der Waals surface area contributed by atoms with Gasteiger partial charge < -0.3 is 5.32 Å². The number of rotatable bonds is 2. The smallest absolute Gasteiger partial charge is 0.201 e. The first-order chi connectivity index (χ1) is 10.1. The lowest BCUT2D eigenvalue weighted by Crippen LogP contribution is -2.13. The van der Waals surface area contributed by atoms with Crippen molar-refractivity contribution in [2.24, 2.45) is 0 Å². The molecule has 5 heteroatoms. The Balaban J connectivity index is 1.96. The summed E-state index contributed by atoms with van der Waals surface area (Å²) < 4.78 is 14.7. The van der Waals surface area contributed by atoms with Crippen LogP contribution < -0.4 is 5.32 Å². The van der Waals surface area contributed by atoms with Gasteiger partial charge in [0.15, 0.2) is 0 Å². The molecule has 1 heterocycles. The number of carbonyl (C=O) groups excluding carboxylic acids is 1. The lowest BCUT2D eigenvalue weighted by molar-refractivity contribution is 0.104. The first kappa shape index (κ1) is 14.4. The molecule has 1 aliphatic rings. The second kappa shape index (κ2) is 5.66. The van der Waals surface area contributed by atoms with E-state index in [1.54, 1.807) is 31.2 Å². The van der Waals surface area contributed by atoms with Crippen molar-refractivity contribution in [2.45, 2.75) is 11.8 Å². The summed E-state index contributed by atoms with van der Waals surface area (Å²) in [7, 11) is 0. The van der Waals surface area contributed by atoms with E-state index in [-0.39, 0.29) is 11.6 Å². The van der Waals surface area contributed by atoms with Gasteiger partial charge in [0, 0.05) is 20.6 Å². The molecule has 1 aliphatic heterocycles. The molecule has 0 spiro atoms. The van der Waals surface area contributed by atoms with Gasteiger partial charge in [-0.25, -0.2) is 4.39 Å². The van der Waals surface area contributed by atoms with Gasteiger partial charge in [0.05, 0.1) is 10.6 Å². The Hall–Kier alpha value is -1.59. The van der Waals surface area contributed by atoms with Crippen molar-refractivity contribution < 1.29 is 9.18 Å². The van der Waals surface area contributed by atoms with Crippen LogP contribution in [0.25, 0.3) is 0 Å². The van der Waals surface area contributed by atoms with Crippen LogP contribution in [0.5, 0.6) is 0 Å². The molecular weight excluding hydrogens is 353 g/mol. The van der Waals surface area contributed by atoms with Gasteiger partial charge >= 0.3 is 0 Å². The van der Waals surface area contributed by atoms with Crippen LogP contribution in [-0.4, -0.2) is 5.78 Å². The maximum atomic E-state index is 13.8. The van der Waals surface area contributed by atoms with Crippen molar-refractivity contribution in [3.8, 4) is 0 Å². The van der Waals surface area contributed by atoms with Gasteiger partial charge in [0.2, 0.25) is 5.78 Å². The van der Waals surface area contributed by atoms with Gasteiger partial charge in [-0.05, 0) is 43.3 Å². The molecule has 0 bridgehead atoms. The summed E-state index contributed by atoms with van der Waals surface area (Å²) in [5.74, 6) is -0.373. The number of carbonyl (C=O) groups is 1. The van der Waals surface area contributed by atoms with Crippen molar-refractivity contribution in [2.75, 3.05) is 5.32 Å². The van der Waals surface area contributed by atoms with Gasteiger partial charge in [-0.2, -0.15) is 0 Å². The highest BCUT2D eigenvalue weighted by Crippen LogP contribution is 2.41. The van der Waals surface area contributed by atoms with Crippen molar-refractivity contribution in [3.63, 3.8) is 0 Å². The fourth-order valence-corrected chi connectivity index (χ4v) is 3.39. The minimum absolute atomic E-state index is 0.0626. The number of thioether (sulfide) groups is 1. The maximum Gasteiger partial charge on any atom is 0.201 e. The number of benzene rings is 2. The third-order valence-corrected chi connectivity index (χ3v) is 4.94. The molecule has 0 aliphatic carbocycles. The second-order valence-corrected chi connectivity index (χ2v) is 6.60. The summed E-state index contributed by atoms with van der Waals surface area (Å²) in [5, 5.41) is 2.99. The molecule has 2 nitrogen and oxygen atoms in total. The Kier molecular flexibility index (Phi) is 3.87. The molecule has 0 saturated heterocycles. The second-order valence-electron chi connectivity index (χ2n) is 4.63. The van der Waals surface area contributed by atoms with Crippen molar-refractivity contribution in [1.82, 2.24) is 0 Å². The van der Waals surface area contributed by atoms with Crippen LogP contribution in [0.15, 0.2) is 62.4 Å². The minimum atomic E-state index is -0.311. The summed E-state index contributed by atoms with van der Waals surface area (Å²) in [6.45, 7) is 1.79. The van der Waals surface area contributed by atoms with Crippen LogP contribution in [-0.2, 0) is 0 Å². The molecule has 1 N–H and O–H groups in total. The molecule has 106 valence electrons. The van der Waals surface area contributed by atoms with Gasteiger partial charge in [0.1, 0.15) is 5.82 Å². The molecule has 0 amide bonds. The summed E-state index contributed by atoms with van der Waals surface area (Å²) in [6.07, 6.45) is 0. The largest absolute Gasteiger partial charge is 0.355 e. The Labute approximate surface area is 134 Å². The SMILES string of the molecule is CC1=C(C(=O)c2ccc(Br)cc2)Sc2cccc(F)c2N1. The van der Waals surface area contributed by atoms with Gasteiger partial charge in [-0.15, -0.1) is 0 Å². The lowest BCUT2D eigenvalue weighted by atomic mass is 10.1. The number of para-hydroxylation sites is 1. The summed E-state index contributed by atoms with van der Waals surface area (Å²) in [5.41, 5.74) is 1.72. The van der Waals surface area contributed by atoms with E-state index in [1.807, 2.05) is 12.1 Å². The molecule has 0 fully saturated rings. The molecule has 0 aromatic heterocycles. The van der Waals surface area contributed by atoms with Gasteiger partial charge in [-0.3, -0.25) is 4.79 Å². The van der Waals surface area contributed by atoms with E-state index in [0.717, 1.165) is 9.37 Å². The van der Waals surface area contributed by atoms with E-state index >= 15 is 0 Å². The monoisotopic (exact) mass is 363 g/mol. The maximum absolute atomic E-state index is 13.8. The first-order valence-corrected chi connectivity index (χ1v) is 7.92. The van der Waals surface area contributed by atoms with Crippen LogP contribution in [0.1, 0.15) is 17.3 Å². The topological polar surface area (TPSA) is 29.1 Å². The quantitative estimate of drug-likeness (QED) is 0.741. The van der Waals surface area contributed by atoms with E-state index in [2.05, 4.69) is 21.2 Å². The van der Waals surface area contributed by atoms with Crippen LogP contribution in [0.4, 0.5) is 10.1 Å². The fourth-order valence-electron chi connectivity index (χ4n) is 2.09. The average molecular weight is 364 g/mol. The highest BCUT2D eigenvalue weighted by atomic mass is 79.9. The molecule has 0 radical (unpaired) electrons. The molecule has 0 saturated carbocycles. The zero-order valence-electron chi connectivity index (χ0n) is 11.1. The van der Waals surface area contributed by atoms with Crippen LogP contribution in [0.3, 0.4) is 0 Å². The average Bonchev–Trinajstić information content (AvgIpc) is 2.48. The highest BCUT2D eigenvalue weighted by molar-refractivity contribution is 9.10. The summed E-state index contributed by atoms with van der Waals surface area (Å²) in [4.78, 5) is 13.9. The molecular formula is C16H11BrFNOS. The molecule has 21 heavy (non-hydrogen) atoms. The zero-order valence-corrected chi connectivity index (χ0v) is 13.5. The summed E-state index contributed by atoms with van der Waals surface area (Å²) >= 11 is 4.65. The predicted octanol–water partition coefficient (Wildman–Crippen LogP) is 5.22. The number of nitrogens with one attached hydrogen (secondary N) is 1. The van der Waals surface area contributed by atoms with E-state index in [4.69, 9.17) is 0 Å². The first-order valence-electron chi connectivity index (χ1n) is 6.31. The normalized spacial score (nSPS) is 13.7. The van der Waals surface area contributed by atoms with Crippen LogP contribution >= 0.6 is 27.7 Å². The zero-order chi connectivity index (χ0) is 15.0.